The normalized spacial score (nSPS) is 41.4. The smallest absolute Gasteiger partial charge is 0.0858 e. The van der Waals surface area contributed by atoms with Gasteiger partial charge in [0.25, 0.3) is 0 Å². The van der Waals surface area contributed by atoms with Crippen LogP contribution in [0.1, 0.15) is 25.7 Å². The molecule has 16 heavy (non-hydrogen) atoms. The molecule has 0 radical (unpaired) electrons. The summed E-state index contributed by atoms with van der Waals surface area (Å²) in [4.78, 5) is 2.41. The van der Waals surface area contributed by atoms with Crippen LogP contribution >= 0.6 is 0 Å². The second kappa shape index (κ2) is 5.45. The predicted octanol–water partition coefficient (Wildman–Crippen LogP) is 0.635. The molecule has 1 saturated carbocycles. The Morgan fingerprint density at radius 1 is 1.00 bits per heavy atom. The van der Waals surface area contributed by atoms with Crippen molar-refractivity contribution >= 4 is 0 Å². The molecule has 4 unspecified atom stereocenters. The zero-order valence-electron chi connectivity index (χ0n) is 10.3. The van der Waals surface area contributed by atoms with Gasteiger partial charge in [0.15, 0.2) is 0 Å². The van der Waals surface area contributed by atoms with Crippen molar-refractivity contribution in [1.82, 2.24) is 4.90 Å². The van der Waals surface area contributed by atoms with Crippen LogP contribution < -0.4 is 0 Å². The van der Waals surface area contributed by atoms with Gasteiger partial charge in [0.1, 0.15) is 0 Å². The Hall–Kier alpha value is -0.160. The van der Waals surface area contributed by atoms with Crippen LogP contribution in [-0.4, -0.2) is 61.7 Å². The van der Waals surface area contributed by atoms with Gasteiger partial charge in [-0.15, -0.1) is 0 Å². The molecule has 0 aromatic heterocycles. The summed E-state index contributed by atoms with van der Waals surface area (Å²) in [7, 11) is 3.43. The largest absolute Gasteiger partial charge is 0.391 e. The van der Waals surface area contributed by atoms with E-state index in [-0.39, 0.29) is 24.4 Å². The van der Waals surface area contributed by atoms with E-state index in [0.29, 0.717) is 6.42 Å². The summed E-state index contributed by atoms with van der Waals surface area (Å²) in [5.74, 6) is 0. The minimum atomic E-state index is -0.269. The quantitative estimate of drug-likeness (QED) is 0.771. The molecule has 1 saturated heterocycles. The molecule has 4 nitrogen and oxygen atoms in total. The first-order chi connectivity index (χ1) is 7.76. The van der Waals surface area contributed by atoms with E-state index in [0.717, 1.165) is 19.5 Å². The highest BCUT2D eigenvalue weighted by atomic mass is 16.5. The van der Waals surface area contributed by atoms with Crippen molar-refractivity contribution in [2.24, 2.45) is 0 Å². The fraction of sp³-hybridized carbons (Fsp3) is 1.00. The summed E-state index contributed by atoms with van der Waals surface area (Å²) in [6.07, 6.45) is 3.99. The van der Waals surface area contributed by atoms with Crippen LogP contribution in [0.15, 0.2) is 0 Å². The molecule has 0 aromatic rings. The van der Waals surface area contributed by atoms with Gasteiger partial charge in [-0.25, -0.2) is 0 Å². The lowest BCUT2D eigenvalue weighted by Crippen LogP contribution is -2.53. The van der Waals surface area contributed by atoms with Crippen molar-refractivity contribution < 1.29 is 14.6 Å². The van der Waals surface area contributed by atoms with Crippen molar-refractivity contribution in [3.63, 3.8) is 0 Å². The Morgan fingerprint density at radius 3 is 2.12 bits per heavy atom. The van der Waals surface area contributed by atoms with Crippen LogP contribution in [0.5, 0.6) is 0 Å². The highest BCUT2D eigenvalue weighted by molar-refractivity contribution is 4.93. The molecule has 1 aliphatic carbocycles. The Balaban J connectivity index is 1.98. The molecule has 1 aliphatic heterocycles. The Labute approximate surface area is 97.5 Å². The maximum Gasteiger partial charge on any atom is 0.0858 e. The molecular formula is C12H23NO3. The molecule has 2 fully saturated rings. The number of rotatable bonds is 3. The maximum absolute atomic E-state index is 10.2. The van der Waals surface area contributed by atoms with Gasteiger partial charge in [-0.05, 0) is 32.4 Å². The zero-order chi connectivity index (χ0) is 11.5. The average molecular weight is 229 g/mol. The standard InChI is InChI=1S/C12H23NO3/c1-15-11-7-9(13-5-3-4-6-13)10(14)8-12(11)16-2/h9-12,14H,3-8H2,1-2H3. The van der Waals surface area contributed by atoms with Crippen LogP contribution in [0.25, 0.3) is 0 Å². The molecule has 2 rings (SSSR count). The molecule has 0 aromatic carbocycles. The summed E-state index contributed by atoms with van der Waals surface area (Å²) in [5, 5.41) is 10.2. The second-order valence-electron chi connectivity index (χ2n) is 4.90. The van der Waals surface area contributed by atoms with E-state index in [1.165, 1.54) is 12.8 Å². The molecule has 4 atom stereocenters. The Morgan fingerprint density at radius 2 is 1.56 bits per heavy atom. The molecule has 0 amide bonds. The Kier molecular flexibility index (Phi) is 4.19. The van der Waals surface area contributed by atoms with E-state index in [4.69, 9.17) is 9.47 Å². The highest BCUT2D eigenvalue weighted by Gasteiger charge is 2.39. The number of ether oxygens (including phenoxy) is 2. The maximum atomic E-state index is 10.2. The number of methoxy groups -OCH3 is 2. The van der Waals surface area contributed by atoms with Gasteiger partial charge in [0.05, 0.1) is 18.3 Å². The van der Waals surface area contributed by atoms with Crippen LogP contribution in [0, 0.1) is 0 Å². The lowest BCUT2D eigenvalue weighted by atomic mass is 9.87. The molecule has 4 heteroatoms. The average Bonchev–Trinajstić information content (AvgIpc) is 2.82. The summed E-state index contributed by atoms with van der Waals surface area (Å²) >= 11 is 0. The van der Waals surface area contributed by atoms with E-state index in [1.807, 2.05) is 0 Å². The first kappa shape index (κ1) is 12.3. The number of hydrogen-bond acceptors (Lipinski definition) is 4. The topological polar surface area (TPSA) is 41.9 Å². The summed E-state index contributed by atoms with van der Waals surface area (Å²) in [5.41, 5.74) is 0. The number of likely N-dealkylation sites (tertiary alicyclic amines) is 1. The summed E-state index contributed by atoms with van der Waals surface area (Å²) in [6.45, 7) is 2.24. The molecule has 2 aliphatic rings. The van der Waals surface area contributed by atoms with Crippen molar-refractivity contribution in [2.75, 3.05) is 27.3 Å². The van der Waals surface area contributed by atoms with Crippen molar-refractivity contribution in [1.29, 1.82) is 0 Å². The van der Waals surface area contributed by atoms with Gasteiger partial charge in [0.2, 0.25) is 0 Å². The van der Waals surface area contributed by atoms with Gasteiger partial charge in [0, 0.05) is 26.7 Å². The molecule has 0 bridgehead atoms. The zero-order valence-corrected chi connectivity index (χ0v) is 10.3. The Bertz CT molecular complexity index is 218. The molecule has 94 valence electrons. The minimum absolute atomic E-state index is 0.0406. The summed E-state index contributed by atoms with van der Waals surface area (Å²) in [6, 6.07) is 0.263. The van der Waals surface area contributed by atoms with Gasteiger partial charge >= 0.3 is 0 Å². The molecule has 1 heterocycles. The van der Waals surface area contributed by atoms with Crippen molar-refractivity contribution in [3.05, 3.63) is 0 Å². The van der Waals surface area contributed by atoms with Gasteiger partial charge < -0.3 is 14.6 Å². The lowest BCUT2D eigenvalue weighted by Gasteiger charge is -2.41. The van der Waals surface area contributed by atoms with Gasteiger partial charge in [-0.3, -0.25) is 4.90 Å². The van der Waals surface area contributed by atoms with E-state index in [1.54, 1.807) is 14.2 Å². The minimum Gasteiger partial charge on any atom is -0.391 e. The third-order valence-corrected chi connectivity index (χ3v) is 4.02. The monoisotopic (exact) mass is 229 g/mol. The van der Waals surface area contributed by atoms with Crippen LogP contribution in [0.3, 0.4) is 0 Å². The SMILES string of the molecule is COC1CC(O)C(N2CCCC2)CC1OC. The third-order valence-electron chi connectivity index (χ3n) is 4.02. The lowest BCUT2D eigenvalue weighted by molar-refractivity contribution is -0.114. The fourth-order valence-corrected chi connectivity index (χ4v) is 3.06. The first-order valence-electron chi connectivity index (χ1n) is 6.24. The highest BCUT2D eigenvalue weighted by Crippen LogP contribution is 2.29. The fourth-order valence-electron chi connectivity index (χ4n) is 3.06. The number of aliphatic hydroxyl groups is 1. The van der Waals surface area contributed by atoms with Crippen LogP contribution in [-0.2, 0) is 9.47 Å². The molecule has 0 spiro atoms. The number of nitrogens with zero attached hydrogens (tertiary/aromatic N) is 1. The number of hydrogen-bond donors (Lipinski definition) is 1. The molecule has 1 N–H and O–H groups in total. The number of aliphatic hydroxyl groups excluding tert-OH is 1. The summed E-state index contributed by atoms with van der Waals surface area (Å²) < 4.78 is 10.8. The van der Waals surface area contributed by atoms with Gasteiger partial charge in [-0.1, -0.05) is 0 Å². The van der Waals surface area contributed by atoms with Gasteiger partial charge in [-0.2, -0.15) is 0 Å². The third kappa shape index (κ3) is 2.40. The molecular weight excluding hydrogens is 206 g/mol. The van der Waals surface area contributed by atoms with Crippen LogP contribution in [0.2, 0.25) is 0 Å². The second-order valence-corrected chi connectivity index (χ2v) is 4.90. The van der Waals surface area contributed by atoms with Crippen LogP contribution in [0.4, 0.5) is 0 Å². The predicted molar refractivity (Wildman–Crippen MR) is 61.4 cm³/mol. The first-order valence-corrected chi connectivity index (χ1v) is 6.24. The van der Waals surface area contributed by atoms with Crippen molar-refractivity contribution in [3.8, 4) is 0 Å². The van der Waals surface area contributed by atoms with E-state index in [9.17, 15) is 5.11 Å². The van der Waals surface area contributed by atoms with E-state index >= 15 is 0 Å². The van der Waals surface area contributed by atoms with E-state index < -0.39 is 0 Å². The van der Waals surface area contributed by atoms with E-state index in [2.05, 4.69) is 4.90 Å². The van der Waals surface area contributed by atoms with Crippen molar-refractivity contribution in [2.45, 2.75) is 50.0 Å².